The Kier molecular flexibility index (Phi) is 3.98. The second kappa shape index (κ2) is 8.29. The van der Waals surface area contributed by atoms with Crippen LogP contribution in [0.25, 0.3) is 11.2 Å². The maximum Gasteiger partial charge on any atom is 0.231 e. The normalized spacial score (nSPS) is 17.7. The molecular formula is C18H21IN6O2S. The predicted molar refractivity (Wildman–Crippen MR) is 117 cm³/mol. The number of aromatic nitrogens is 4. The van der Waals surface area contributed by atoms with Gasteiger partial charge in [-0.25, -0.2) is 15.0 Å². The molecule has 2 aromatic heterocycles. The summed E-state index contributed by atoms with van der Waals surface area (Å²) in [5.74, 6) is 1.09. The van der Waals surface area contributed by atoms with E-state index in [1.165, 1.54) is 0 Å². The molecular weight excluding hydrogens is 491 g/mol. The molecule has 28 heavy (non-hydrogen) atoms. The minimum absolute atomic E-state index is 0.00865. The molecule has 0 atom stereocenters. The zero-order valence-electron chi connectivity index (χ0n) is 21.0. The summed E-state index contributed by atoms with van der Waals surface area (Å²) >= 11 is 3.14. The molecule has 0 amide bonds. The first-order valence-electron chi connectivity index (χ1n) is 11.3. The van der Waals surface area contributed by atoms with Crippen LogP contribution in [0.5, 0.6) is 11.5 Å². The lowest BCUT2D eigenvalue weighted by molar-refractivity contribution is 0.174. The van der Waals surface area contributed by atoms with Gasteiger partial charge < -0.3 is 25.1 Å². The van der Waals surface area contributed by atoms with Crippen LogP contribution in [-0.2, 0) is 6.50 Å². The molecule has 0 radical (unpaired) electrons. The summed E-state index contributed by atoms with van der Waals surface area (Å²) in [5.41, 5.74) is 5.99. The van der Waals surface area contributed by atoms with Crippen molar-refractivity contribution in [1.82, 2.24) is 24.8 Å². The van der Waals surface area contributed by atoms with Crippen molar-refractivity contribution in [3.8, 4) is 11.5 Å². The van der Waals surface area contributed by atoms with E-state index in [9.17, 15) is 0 Å². The number of ether oxygens (including phenoxy) is 2. The van der Waals surface area contributed by atoms with Crippen LogP contribution in [0, 0.1) is 3.57 Å². The predicted octanol–water partition coefficient (Wildman–Crippen LogP) is 3.28. The molecule has 0 spiro atoms. The highest BCUT2D eigenvalue weighted by atomic mass is 127. The molecule has 1 aliphatic rings. The molecule has 3 N–H and O–H groups in total. The van der Waals surface area contributed by atoms with E-state index in [1.807, 2.05) is 0 Å². The van der Waals surface area contributed by atoms with Crippen LogP contribution in [0.15, 0.2) is 28.5 Å². The van der Waals surface area contributed by atoms with Crippen molar-refractivity contribution in [3.63, 3.8) is 0 Å². The molecule has 0 bridgehead atoms. The number of hydrogen-bond donors (Lipinski definition) is 2. The van der Waals surface area contributed by atoms with Crippen molar-refractivity contribution >= 4 is 51.3 Å². The van der Waals surface area contributed by atoms with Gasteiger partial charge in [0.25, 0.3) is 0 Å². The maximum absolute atomic E-state index is 8.80. The molecule has 8 nitrogen and oxygen atoms in total. The summed E-state index contributed by atoms with van der Waals surface area (Å²) in [5, 5.41) is 2.50. The van der Waals surface area contributed by atoms with E-state index in [4.69, 9.17) is 23.4 Å². The fraction of sp³-hybridized carbons (Fsp3) is 0.389. The Bertz CT molecular complexity index is 1260. The molecule has 1 aromatic carbocycles. The van der Waals surface area contributed by atoms with Crippen molar-refractivity contribution in [2.24, 2.45) is 0 Å². The number of halogens is 1. The molecule has 3 aromatic rings. The Labute approximate surface area is 189 Å². The minimum atomic E-state index is -3.06. The van der Waals surface area contributed by atoms with Crippen LogP contribution in [-0.4, -0.2) is 38.9 Å². The van der Waals surface area contributed by atoms with Gasteiger partial charge >= 0.3 is 0 Å². The summed E-state index contributed by atoms with van der Waals surface area (Å²) in [6.45, 7) is -2.31. The first-order valence-corrected chi connectivity index (χ1v) is 10.2. The van der Waals surface area contributed by atoms with Gasteiger partial charge in [0.15, 0.2) is 33.6 Å². The van der Waals surface area contributed by atoms with Gasteiger partial charge in [0.05, 0.1) is 0 Å². The third-order valence-electron chi connectivity index (χ3n) is 3.66. The fourth-order valence-corrected chi connectivity index (χ4v) is 4.05. The number of rotatable bonds is 7. The van der Waals surface area contributed by atoms with Gasteiger partial charge in [0, 0.05) is 29.2 Å². The zero-order valence-corrected chi connectivity index (χ0v) is 18.0. The number of fused-ring (bicyclic) bond motifs is 2. The molecule has 0 saturated heterocycles. The standard InChI is InChI=1S/C18H21IN6O2S/c1-10(2)21-4-3-5-25-17-15(16(20)22-8-23-17)24-18(25)28-14-7-13-12(6-11(14)19)26-9-27-13/h6-8,10,21H,3-5,9H2,1-2H3,(H2,20,22,23)/i3D2,4D2,5D2. The lowest BCUT2D eigenvalue weighted by Gasteiger charge is -2.11. The highest BCUT2D eigenvalue weighted by Crippen LogP contribution is 2.41. The van der Waals surface area contributed by atoms with Crippen molar-refractivity contribution in [2.75, 3.05) is 19.0 Å². The topological polar surface area (TPSA) is 100 Å². The Balaban J connectivity index is 1.89. The van der Waals surface area contributed by atoms with Gasteiger partial charge in [-0.15, -0.1) is 0 Å². The van der Waals surface area contributed by atoms with E-state index in [2.05, 4.69) is 42.9 Å². The third kappa shape index (κ3) is 3.98. The molecule has 4 rings (SSSR count). The lowest BCUT2D eigenvalue weighted by atomic mass is 10.3. The first kappa shape index (κ1) is 13.4. The van der Waals surface area contributed by atoms with E-state index in [0.29, 0.717) is 16.4 Å². The first-order chi connectivity index (χ1) is 15.8. The van der Waals surface area contributed by atoms with Gasteiger partial charge in [-0.1, -0.05) is 25.6 Å². The number of imidazole rings is 1. The van der Waals surface area contributed by atoms with Crippen LogP contribution in [0.1, 0.15) is 28.4 Å². The van der Waals surface area contributed by atoms with Gasteiger partial charge in [-0.2, -0.15) is 0 Å². The number of aryl methyl sites for hydroxylation is 1. The van der Waals surface area contributed by atoms with Gasteiger partial charge in [-0.3, -0.25) is 0 Å². The molecule has 148 valence electrons. The van der Waals surface area contributed by atoms with E-state index < -0.39 is 25.4 Å². The van der Waals surface area contributed by atoms with E-state index >= 15 is 0 Å². The molecule has 0 unspecified atom stereocenters. The average Bonchev–Trinajstić information content (AvgIpc) is 3.31. The molecule has 3 heterocycles. The Hall–Kier alpha value is -1.79. The second-order valence-electron chi connectivity index (χ2n) is 6.06. The number of hydrogen-bond acceptors (Lipinski definition) is 8. The minimum Gasteiger partial charge on any atom is -0.454 e. The van der Waals surface area contributed by atoms with E-state index in [1.54, 1.807) is 26.0 Å². The highest BCUT2D eigenvalue weighted by molar-refractivity contribution is 14.1. The van der Waals surface area contributed by atoms with Gasteiger partial charge in [0.2, 0.25) is 6.79 Å². The fourth-order valence-electron chi connectivity index (χ4n) is 2.40. The summed E-state index contributed by atoms with van der Waals surface area (Å²) in [6, 6.07) is 3.05. The number of nitrogens with one attached hydrogen (secondary N) is 1. The SMILES string of the molecule is [2H]C([2H])(NC(C)C)C([2H])([2H])C([2H])([2H])n1c(Sc2cc3c(cc2I)OCO3)nc2c(N)ncnc21. The molecule has 0 saturated carbocycles. The maximum atomic E-state index is 8.80. The largest absolute Gasteiger partial charge is 0.454 e. The number of nitrogen functional groups attached to an aromatic ring is 1. The molecule has 0 aliphatic carbocycles. The van der Waals surface area contributed by atoms with Crippen molar-refractivity contribution < 1.29 is 17.7 Å². The molecule has 0 fully saturated rings. The van der Waals surface area contributed by atoms with E-state index in [0.717, 1.165) is 26.2 Å². The zero-order chi connectivity index (χ0) is 25.1. The number of nitrogens with two attached hydrogens (primary N) is 1. The Morgan fingerprint density at radius 3 is 2.93 bits per heavy atom. The Morgan fingerprint density at radius 1 is 1.36 bits per heavy atom. The number of nitrogens with zero attached hydrogens (tertiary/aromatic N) is 4. The number of anilines is 1. The van der Waals surface area contributed by atoms with Crippen LogP contribution in [0.4, 0.5) is 5.82 Å². The van der Waals surface area contributed by atoms with Crippen LogP contribution < -0.4 is 20.5 Å². The summed E-state index contributed by atoms with van der Waals surface area (Å²) < 4.78 is 63.8. The summed E-state index contributed by atoms with van der Waals surface area (Å²) in [7, 11) is 0. The highest BCUT2D eigenvalue weighted by Gasteiger charge is 2.20. The van der Waals surface area contributed by atoms with Crippen LogP contribution in [0.3, 0.4) is 0 Å². The van der Waals surface area contributed by atoms with Crippen LogP contribution >= 0.6 is 34.4 Å². The summed E-state index contributed by atoms with van der Waals surface area (Å²) in [6.07, 6.45) is -1.93. The van der Waals surface area contributed by atoms with Gasteiger partial charge in [-0.05, 0) is 47.6 Å². The monoisotopic (exact) mass is 518 g/mol. The molecule has 1 aliphatic heterocycles. The summed E-state index contributed by atoms with van der Waals surface area (Å²) in [4.78, 5) is 13.1. The molecule has 10 heteroatoms. The quantitative estimate of drug-likeness (QED) is 0.460. The third-order valence-corrected chi connectivity index (χ3v) is 5.93. The number of benzene rings is 1. The van der Waals surface area contributed by atoms with Crippen molar-refractivity contribution in [2.45, 2.75) is 42.8 Å². The lowest BCUT2D eigenvalue weighted by Crippen LogP contribution is -2.24. The van der Waals surface area contributed by atoms with Crippen molar-refractivity contribution in [1.29, 1.82) is 0 Å². The average molecular weight is 518 g/mol. The van der Waals surface area contributed by atoms with Crippen LogP contribution in [0.2, 0.25) is 0 Å². The van der Waals surface area contributed by atoms with E-state index in [-0.39, 0.29) is 28.9 Å². The Morgan fingerprint density at radius 2 is 2.14 bits per heavy atom. The smallest absolute Gasteiger partial charge is 0.231 e. The second-order valence-corrected chi connectivity index (χ2v) is 8.23. The van der Waals surface area contributed by atoms with Gasteiger partial charge in [0.1, 0.15) is 6.33 Å². The van der Waals surface area contributed by atoms with Crippen molar-refractivity contribution in [3.05, 3.63) is 22.0 Å².